The molecule has 106 valence electrons. The first-order chi connectivity index (χ1) is 9.69. The molecule has 2 unspecified atom stereocenters. The van der Waals surface area contributed by atoms with Gasteiger partial charge in [0.25, 0.3) is 0 Å². The van der Waals surface area contributed by atoms with Crippen LogP contribution in [-0.4, -0.2) is 32.6 Å². The minimum atomic E-state index is -0.104. The Balaban J connectivity index is 2.07. The molecule has 1 saturated heterocycles. The van der Waals surface area contributed by atoms with E-state index in [9.17, 15) is 4.79 Å². The minimum absolute atomic E-state index is 0.104. The van der Waals surface area contributed by atoms with Crippen LogP contribution in [0.3, 0.4) is 0 Å². The molecule has 0 amide bonds. The molecule has 3 rings (SSSR count). The average molecular weight is 273 g/mol. The Morgan fingerprint density at radius 2 is 2.05 bits per heavy atom. The van der Waals surface area contributed by atoms with Crippen molar-refractivity contribution < 1.29 is 14.3 Å². The molecule has 4 heteroatoms. The molecule has 1 heterocycles. The number of ketones is 1. The second-order valence-electron chi connectivity index (χ2n) is 5.37. The summed E-state index contributed by atoms with van der Waals surface area (Å²) < 4.78 is 10.7. The maximum atomic E-state index is 11.6. The Kier molecular flexibility index (Phi) is 3.26. The number of hydrogen-bond donors (Lipinski definition) is 1. The number of ether oxygens (including phenoxy) is 2. The summed E-state index contributed by atoms with van der Waals surface area (Å²) in [4.78, 5) is 11.6. The summed E-state index contributed by atoms with van der Waals surface area (Å²) in [5, 5.41) is 3.45. The summed E-state index contributed by atoms with van der Waals surface area (Å²) in [6.45, 7) is 0.927. The smallest absolute Gasteiger partial charge is 0.161 e. The molecule has 0 aromatic heterocycles. The van der Waals surface area contributed by atoms with Gasteiger partial charge in [-0.25, -0.2) is 0 Å². The fourth-order valence-electron chi connectivity index (χ4n) is 3.34. The molecule has 2 aliphatic rings. The van der Waals surface area contributed by atoms with Crippen molar-refractivity contribution in [2.24, 2.45) is 0 Å². The molecule has 1 aliphatic carbocycles. The zero-order valence-electron chi connectivity index (χ0n) is 11.8. The Labute approximate surface area is 118 Å². The summed E-state index contributed by atoms with van der Waals surface area (Å²) in [5.74, 6) is 1.65. The van der Waals surface area contributed by atoms with E-state index in [2.05, 4.69) is 17.5 Å². The van der Waals surface area contributed by atoms with E-state index < -0.39 is 0 Å². The molecule has 0 bridgehead atoms. The first-order valence-corrected chi connectivity index (χ1v) is 6.87. The first kappa shape index (κ1) is 13.2. The second kappa shape index (κ2) is 4.94. The highest BCUT2D eigenvalue weighted by Gasteiger charge is 2.45. The fourth-order valence-corrected chi connectivity index (χ4v) is 3.34. The topological polar surface area (TPSA) is 47.6 Å². The predicted octanol–water partition coefficient (Wildman–Crippen LogP) is 1.83. The van der Waals surface area contributed by atoms with E-state index in [4.69, 9.17) is 9.47 Å². The van der Waals surface area contributed by atoms with Crippen LogP contribution in [0.25, 0.3) is 0 Å². The van der Waals surface area contributed by atoms with Gasteiger partial charge >= 0.3 is 0 Å². The maximum absolute atomic E-state index is 11.6. The number of allylic oxidation sites excluding steroid dienone is 1. The number of methoxy groups -OCH3 is 2. The monoisotopic (exact) mass is 273 g/mol. The SMILES string of the molecule is COc1ccc(C23C=CC(=O)CC2NCC3)cc1OC. The first-order valence-electron chi connectivity index (χ1n) is 6.87. The van der Waals surface area contributed by atoms with E-state index in [0.717, 1.165) is 24.5 Å². The summed E-state index contributed by atoms with van der Waals surface area (Å²) >= 11 is 0. The van der Waals surface area contributed by atoms with Crippen molar-refractivity contribution in [2.75, 3.05) is 20.8 Å². The van der Waals surface area contributed by atoms with Crippen LogP contribution in [0.15, 0.2) is 30.4 Å². The third kappa shape index (κ3) is 1.91. The Bertz CT molecular complexity index is 567. The van der Waals surface area contributed by atoms with Crippen LogP contribution < -0.4 is 14.8 Å². The van der Waals surface area contributed by atoms with Crippen LogP contribution in [0, 0.1) is 0 Å². The molecule has 1 N–H and O–H groups in total. The van der Waals surface area contributed by atoms with Crippen molar-refractivity contribution in [3.05, 3.63) is 35.9 Å². The van der Waals surface area contributed by atoms with Crippen molar-refractivity contribution in [1.29, 1.82) is 0 Å². The number of rotatable bonds is 3. The third-order valence-electron chi connectivity index (χ3n) is 4.44. The zero-order valence-corrected chi connectivity index (χ0v) is 11.8. The van der Waals surface area contributed by atoms with Crippen LogP contribution in [0.2, 0.25) is 0 Å². The standard InChI is InChI=1S/C16H19NO3/c1-19-13-4-3-11(9-14(13)20-2)16-6-5-12(18)10-15(16)17-8-7-16/h3-6,9,15,17H,7-8,10H2,1-2H3. The van der Waals surface area contributed by atoms with Gasteiger partial charge in [-0.15, -0.1) is 0 Å². The molecule has 0 radical (unpaired) electrons. The van der Waals surface area contributed by atoms with Gasteiger partial charge in [-0.1, -0.05) is 12.1 Å². The second-order valence-corrected chi connectivity index (χ2v) is 5.37. The Morgan fingerprint density at radius 3 is 2.80 bits per heavy atom. The van der Waals surface area contributed by atoms with E-state index in [-0.39, 0.29) is 17.2 Å². The van der Waals surface area contributed by atoms with E-state index in [1.54, 1.807) is 20.3 Å². The van der Waals surface area contributed by atoms with Crippen LogP contribution in [0.4, 0.5) is 0 Å². The molecular weight excluding hydrogens is 254 g/mol. The van der Waals surface area contributed by atoms with E-state index in [1.165, 1.54) is 5.56 Å². The van der Waals surface area contributed by atoms with Crippen molar-refractivity contribution in [3.8, 4) is 11.5 Å². The lowest BCUT2D eigenvalue weighted by Crippen LogP contribution is -2.42. The number of fused-ring (bicyclic) bond motifs is 1. The predicted molar refractivity (Wildman–Crippen MR) is 76.4 cm³/mol. The summed E-state index contributed by atoms with van der Waals surface area (Å²) in [5.41, 5.74) is 1.07. The van der Waals surface area contributed by atoms with Crippen LogP contribution >= 0.6 is 0 Å². The van der Waals surface area contributed by atoms with E-state index >= 15 is 0 Å². The summed E-state index contributed by atoms with van der Waals surface area (Å²) in [7, 11) is 3.28. The number of carbonyl (C=O) groups excluding carboxylic acids is 1. The molecule has 0 spiro atoms. The summed E-state index contributed by atoms with van der Waals surface area (Å²) in [6.07, 6.45) is 5.34. The lowest BCUT2D eigenvalue weighted by molar-refractivity contribution is -0.115. The van der Waals surface area contributed by atoms with Gasteiger partial charge in [-0.05, 0) is 36.7 Å². The van der Waals surface area contributed by atoms with Crippen LogP contribution in [0.1, 0.15) is 18.4 Å². The van der Waals surface area contributed by atoms with Gasteiger partial charge in [0.15, 0.2) is 17.3 Å². The van der Waals surface area contributed by atoms with Crippen molar-refractivity contribution in [2.45, 2.75) is 24.3 Å². The average Bonchev–Trinajstić information content (AvgIpc) is 2.90. The Morgan fingerprint density at radius 1 is 1.25 bits per heavy atom. The zero-order chi connectivity index (χ0) is 14.2. The minimum Gasteiger partial charge on any atom is -0.493 e. The largest absolute Gasteiger partial charge is 0.493 e. The molecule has 20 heavy (non-hydrogen) atoms. The normalized spacial score (nSPS) is 28.3. The number of nitrogens with one attached hydrogen (secondary N) is 1. The number of hydrogen-bond acceptors (Lipinski definition) is 4. The molecule has 4 nitrogen and oxygen atoms in total. The molecule has 1 aromatic rings. The Hall–Kier alpha value is -1.81. The number of carbonyl (C=O) groups is 1. The van der Waals surface area contributed by atoms with Gasteiger partial charge in [0, 0.05) is 17.9 Å². The highest BCUT2D eigenvalue weighted by Crippen LogP contribution is 2.43. The fraction of sp³-hybridized carbons (Fsp3) is 0.438. The highest BCUT2D eigenvalue weighted by molar-refractivity contribution is 5.92. The molecule has 1 aromatic carbocycles. The van der Waals surface area contributed by atoms with Gasteiger partial charge in [0.1, 0.15) is 0 Å². The lowest BCUT2D eigenvalue weighted by atomic mass is 9.70. The molecular formula is C16H19NO3. The van der Waals surface area contributed by atoms with Gasteiger partial charge in [-0.3, -0.25) is 4.79 Å². The lowest BCUT2D eigenvalue weighted by Gasteiger charge is -2.35. The number of benzene rings is 1. The molecule has 0 saturated carbocycles. The van der Waals surface area contributed by atoms with E-state index in [1.807, 2.05) is 12.1 Å². The van der Waals surface area contributed by atoms with Gasteiger partial charge in [0.2, 0.25) is 0 Å². The van der Waals surface area contributed by atoms with Crippen LogP contribution in [-0.2, 0) is 10.2 Å². The van der Waals surface area contributed by atoms with Gasteiger partial charge < -0.3 is 14.8 Å². The summed E-state index contributed by atoms with van der Waals surface area (Å²) in [6, 6.07) is 6.21. The molecule has 2 atom stereocenters. The van der Waals surface area contributed by atoms with E-state index in [0.29, 0.717) is 6.42 Å². The van der Waals surface area contributed by atoms with Gasteiger partial charge in [0.05, 0.1) is 14.2 Å². The quantitative estimate of drug-likeness (QED) is 0.913. The van der Waals surface area contributed by atoms with Gasteiger partial charge in [-0.2, -0.15) is 0 Å². The van der Waals surface area contributed by atoms with Crippen LogP contribution in [0.5, 0.6) is 11.5 Å². The van der Waals surface area contributed by atoms with Crippen molar-refractivity contribution in [3.63, 3.8) is 0 Å². The molecule has 1 fully saturated rings. The van der Waals surface area contributed by atoms with Crippen molar-refractivity contribution in [1.82, 2.24) is 5.32 Å². The maximum Gasteiger partial charge on any atom is 0.161 e. The molecule has 1 aliphatic heterocycles. The highest BCUT2D eigenvalue weighted by atomic mass is 16.5. The van der Waals surface area contributed by atoms with Crippen molar-refractivity contribution >= 4 is 5.78 Å². The third-order valence-corrected chi connectivity index (χ3v) is 4.44.